The lowest BCUT2D eigenvalue weighted by molar-refractivity contribution is 0.253. The molecule has 3 unspecified atom stereocenters. The van der Waals surface area contributed by atoms with Crippen molar-refractivity contribution in [2.75, 3.05) is 13.1 Å². The fraction of sp³-hybridized carbons (Fsp3) is 1.00. The van der Waals surface area contributed by atoms with Crippen LogP contribution in [-0.4, -0.2) is 37.9 Å². The molecule has 3 N–H and O–H groups in total. The van der Waals surface area contributed by atoms with Crippen LogP contribution in [0.4, 0.5) is 0 Å². The summed E-state index contributed by atoms with van der Waals surface area (Å²) in [6, 6.07) is 0.0976. The molecule has 0 radical (unpaired) electrons. The maximum atomic E-state index is 12.4. The molecule has 0 bridgehead atoms. The Bertz CT molecular complexity index is 372. The first-order chi connectivity index (χ1) is 8.53. The quantitative estimate of drug-likeness (QED) is 0.797. The van der Waals surface area contributed by atoms with E-state index in [1.807, 2.05) is 0 Å². The van der Waals surface area contributed by atoms with Gasteiger partial charge in [0, 0.05) is 25.2 Å². The topological polar surface area (TPSA) is 75.4 Å². The molecular weight excluding hydrogens is 250 g/mol. The van der Waals surface area contributed by atoms with Crippen LogP contribution in [0.2, 0.25) is 0 Å². The van der Waals surface area contributed by atoms with E-state index < -0.39 is 10.2 Å². The van der Waals surface area contributed by atoms with Gasteiger partial charge in [0.2, 0.25) is 0 Å². The first-order valence-corrected chi connectivity index (χ1v) is 8.46. The van der Waals surface area contributed by atoms with Gasteiger partial charge in [-0.1, -0.05) is 13.3 Å². The SMILES string of the molecule is CC1CCC(NS(=O)(=O)N2CCCCC2CN)C1. The normalized spacial score (nSPS) is 34.9. The first-order valence-electron chi connectivity index (χ1n) is 7.02. The van der Waals surface area contributed by atoms with Gasteiger partial charge < -0.3 is 5.73 Å². The molecule has 1 aliphatic heterocycles. The highest BCUT2D eigenvalue weighted by atomic mass is 32.2. The molecule has 18 heavy (non-hydrogen) atoms. The highest BCUT2D eigenvalue weighted by Gasteiger charge is 2.34. The summed E-state index contributed by atoms with van der Waals surface area (Å²) in [5, 5.41) is 0. The molecule has 3 atom stereocenters. The summed E-state index contributed by atoms with van der Waals surface area (Å²) in [4.78, 5) is 0. The predicted octanol–water partition coefficient (Wildman–Crippen LogP) is 0.823. The number of rotatable bonds is 4. The van der Waals surface area contributed by atoms with Crippen molar-refractivity contribution in [1.82, 2.24) is 9.03 Å². The lowest BCUT2D eigenvalue weighted by Gasteiger charge is -2.34. The predicted molar refractivity (Wildman–Crippen MR) is 72.3 cm³/mol. The Morgan fingerprint density at radius 1 is 1.28 bits per heavy atom. The van der Waals surface area contributed by atoms with Crippen molar-refractivity contribution in [3.63, 3.8) is 0 Å². The maximum absolute atomic E-state index is 12.4. The van der Waals surface area contributed by atoms with E-state index in [-0.39, 0.29) is 12.1 Å². The van der Waals surface area contributed by atoms with Gasteiger partial charge in [-0.25, -0.2) is 0 Å². The van der Waals surface area contributed by atoms with Gasteiger partial charge in [-0.3, -0.25) is 0 Å². The summed E-state index contributed by atoms with van der Waals surface area (Å²) in [6.45, 7) is 3.21. The fourth-order valence-corrected chi connectivity index (χ4v) is 4.84. The van der Waals surface area contributed by atoms with Gasteiger partial charge in [0.15, 0.2) is 0 Å². The molecule has 106 valence electrons. The van der Waals surface area contributed by atoms with Gasteiger partial charge in [0.25, 0.3) is 10.2 Å². The molecule has 1 saturated carbocycles. The third kappa shape index (κ3) is 3.23. The molecular formula is C12H25N3O2S. The second-order valence-corrected chi connectivity index (χ2v) is 7.39. The maximum Gasteiger partial charge on any atom is 0.279 e. The third-order valence-electron chi connectivity index (χ3n) is 4.16. The van der Waals surface area contributed by atoms with Crippen LogP contribution in [0.15, 0.2) is 0 Å². The molecule has 0 amide bonds. The summed E-state index contributed by atoms with van der Waals surface area (Å²) < 4.78 is 29.2. The molecule has 0 spiro atoms. The fourth-order valence-electron chi connectivity index (χ4n) is 3.12. The molecule has 0 aromatic carbocycles. The van der Waals surface area contributed by atoms with E-state index in [0.717, 1.165) is 38.5 Å². The molecule has 1 heterocycles. The Hall–Kier alpha value is -0.170. The van der Waals surface area contributed by atoms with E-state index >= 15 is 0 Å². The summed E-state index contributed by atoms with van der Waals surface area (Å²) in [6.07, 6.45) is 5.95. The van der Waals surface area contributed by atoms with Crippen LogP contribution >= 0.6 is 0 Å². The summed E-state index contributed by atoms with van der Waals surface area (Å²) >= 11 is 0. The van der Waals surface area contributed by atoms with E-state index in [1.165, 1.54) is 0 Å². The number of hydrogen-bond acceptors (Lipinski definition) is 3. The molecule has 2 fully saturated rings. The Labute approximate surface area is 110 Å². The van der Waals surface area contributed by atoms with Crippen LogP contribution in [0.3, 0.4) is 0 Å². The number of nitrogens with one attached hydrogen (secondary N) is 1. The van der Waals surface area contributed by atoms with Crippen LogP contribution < -0.4 is 10.5 Å². The zero-order valence-corrected chi connectivity index (χ0v) is 12.0. The van der Waals surface area contributed by atoms with Crippen molar-refractivity contribution in [3.8, 4) is 0 Å². The van der Waals surface area contributed by atoms with Gasteiger partial charge in [-0.2, -0.15) is 17.4 Å². The van der Waals surface area contributed by atoms with Gasteiger partial charge in [0.05, 0.1) is 0 Å². The van der Waals surface area contributed by atoms with Crippen molar-refractivity contribution in [3.05, 3.63) is 0 Å². The minimum absolute atomic E-state index is 0.0184. The first kappa shape index (κ1) is 14.2. The van der Waals surface area contributed by atoms with Gasteiger partial charge in [-0.05, 0) is 38.0 Å². The number of piperidine rings is 1. The van der Waals surface area contributed by atoms with Crippen molar-refractivity contribution >= 4 is 10.2 Å². The van der Waals surface area contributed by atoms with Crippen molar-refractivity contribution in [1.29, 1.82) is 0 Å². The molecule has 6 heteroatoms. The van der Waals surface area contributed by atoms with Gasteiger partial charge in [-0.15, -0.1) is 0 Å². The molecule has 0 aromatic rings. The number of nitrogens with two attached hydrogens (primary N) is 1. The van der Waals surface area contributed by atoms with Crippen LogP contribution in [0.25, 0.3) is 0 Å². The minimum Gasteiger partial charge on any atom is -0.329 e. The van der Waals surface area contributed by atoms with Crippen LogP contribution in [0.5, 0.6) is 0 Å². The number of nitrogens with zero attached hydrogens (tertiary/aromatic N) is 1. The van der Waals surface area contributed by atoms with Crippen molar-refractivity contribution in [2.24, 2.45) is 11.7 Å². The van der Waals surface area contributed by atoms with Crippen molar-refractivity contribution < 1.29 is 8.42 Å². The molecule has 0 aromatic heterocycles. The monoisotopic (exact) mass is 275 g/mol. The highest BCUT2D eigenvalue weighted by molar-refractivity contribution is 7.87. The minimum atomic E-state index is -3.35. The number of hydrogen-bond donors (Lipinski definition) is 2. The molecule has 2 rings (SSSR count). The summed E-state index contributed by atoms with van der Waals surface area (Å²) in [5.41, 5.74) is 5.69. The zero-order chi connectivity index (χ0) is 13.2. The standard InChI is InChI=1S/C12H25N3O2S/c1-10-5-6-11(8-10)14-18(16,17)15-7-3-2-4-12(15)9-13/h10-12,14H,2-9,13H2,1H3. The second kappa shape index (κ2) is 5.86. The van der Waals surface area contributed by atoms with Gasteiger partial charge >= 0.3 is 0 Å². The van der Waals surface area contributed by atoms with E-state index in [2.05, 4.69) is 11.6 Å². The lowest BCUT2D eigenvalue weighted by Crippen LogP contribution is -2.53. The van der Waals surface area contributed by atoms with Crippen LogP contribution in [0.1, 0.15) is 45.4 Å². The van der Waals surface area contributed by atoms with E-state index in [1.54, 1.807) is 4.31 Å². The summed E-state index contributed by atoms with van der Waals surface area (Å²) in [5.74, 6) is 0.629. The Morgan fingerprint density at radius 2 is 2.06 bits per heavy atom. The highest BCUT2D eigenvalue weighted by Crippen LogP contribution is 2.26. The Morgan fingerprint density at radius 3 is 2.67 bits per heavy atom. The Balaban J connectivity index is 2.00. The molecule has 1 aliphatic carbocycles. The zero-order valence-electron chi connectivity index (χ0n) is 11.1. The van der Waals surface area contributed by atoms with Crippen molar-refractivity contribution in [2.45, 2.75) is 57.5 Å². The van der Waals surface area contributed by atoms with Crippen LogP contribution in [0, 0.1) is 5.92 Å². The van der Waals surface area contributed by atoms with Gasteiger partial charge in [0.1, 0.15) is 0 Å². The smallest absolute Gasteiger partial charge is 0.279 e. The average molecular weight is 275 g/mol. The summed E-state index contributed by atoms with van der Waals surface area (Å²) in [7, 11) is -3.35. The Kier molecular flexibility index (Phi) is 4.64. The van der Waals surface area contributed by atoms with E-state index in [9.17, 15) is 8.42 Å². The molecule has 2 aliphatic rings. The molecule has 1 saturated heterocycles. The third-order valence-corrected chi connectivity index (χ3v) is 5.89. The lowest BCUT2D eigenvalue weighted by atomic mass is 10.1. The largest absolute Gasteiger partial charge is 0.329 e. The van der Waals surface area contributed by atoms with E-state index in [0.29, 0.717) is 19.0 Å². The van der Waals surface area contributed by atoms with Crippen LogP contribution in [-0.2, 0) is 10.2 Å². The molecule has 5 nitrogen and oxygen atoms in total. The average Bonchev–Trinajstić information content (AvgIpc) is 2.74. The second-order valence-electron chi connectivity index (χ2n) is 5.73. The van der Waals surface area contributed by atoms with E-state index in [4.69, 9.17) is 5.73 Å².